The third kappa shape index (κ3) is 24.7. The van der Waals surface area contributed by atoms with Crippen molar-refractivity contribution in [2.24, 2.45) is 0 Å². The number of hydrogen-bond acceptors (Lipinski definition) is 11. The summed E-state index contributed by atoms with van der Waals surface area (Å²) in [6.07, 6.45) is 15.9. The molecule has 0 aromatic rings. The molecule has 1 amide bonds. The summed E-state index contributed by atoms with van der Waals surface area (Å²) < 4.78 is 22.9. The number of aliphatic hydroxyl groups excluding tert-OH is 7. The predicted molar refractivity (Wildman–Crippen MR) is 215 cm³/mol. The lowest BCUT2D eigenvalue weighted by molar-refractivity contribution is -0.220. The van der Waals surface area contributed by atoms with E-state index in [2.05, 4.69) is 19.2 Å². The van der Waals surface area contributed by atoms with Gasteiger partial charge in [0.1, 0.15) is 36.6 Å². The summed E-state index contributed by atoms with van der Waals surface area (Å²) in [5.41, 5.74) is 0. The van der Waals surface area contributed by atoms with Crippen molar-refractivity contribution in [3.63, 3.8) is 0 Å². The topological polar surface area (TPSA) is 226 Å². The highest BCUT2D eigenvalue weighted by molar-refractivity contribution is 7.47. The molecule has 1 saturated carbocycles. The van der Waals surface area contributed by atoms with Gasteiger partial charge in [-0.3, -0.25) is 13.8 Å². The summed E-state index contributed by atoms with van der Waals surface area (Å²) in [7, 11) is -5.11. The molecule has 55 heavy (non-hydrogen) atoms. The van der Waals surface area contributed by atoms with Crippen molar-refractivity contribution in [3.05, 3.63) is 0 Å². The standard InChI is InChI=1S/C41H82NO12P/c1-3-5-7-9-11-13-15-17-18-20-22-24-26-28-32(43)30-35(45)42-33(34(44)29-27-25-23-21-19-16-14-12-10-8-6-4-2)31-53-55(51,52)54-41-39(49)37(47)36(46)38(48)40(41)50/h32-34,36-41,43-44,46-50H,3-31H2,1-2H3,(H,42,45)(H,51,52). The van der Waals surface area contributed by atoms with Crippen molar-refractivity contribution in [2.75, 3.05) is 6.61 Å². The SMILES string of the molecule is CCCCCCCCCCCCCCCC(O)CC(=O)NC(COP(=O)(O)OC1C(O)C(O)C(O)C(O)C1O)C(O)CCCCCCCCCCCCCC. The molecule has 1 rings (SSSR count). The van der Waals surface area contributed by atoms with Crippen LogP contribution in [-0.4, -0.2) is 108 Å². The van der Waals surface area contributed by atoms with Gasteiger partial charge in [0.05, 0.1) is 31.3 Å². The van der Waals surface area contributed by atoms with E-state index in [0.29, 0.717) is 12.8 Å². The molecule has 0 aliphatic heterocycles. The molecular weight excluding hydrogens is 729 g/mol. The molecule has 328 valence electrons. The van der Waals surface area contributed by atoms with Crippen LogP contribution in [0.1, 0.15) is 194 Å². The van der Waals surface area contributed by atoms with Crippen molar-refractivity contribution in [1.82, 2.24) is 5.32 Å². The summed E-state index contributed by atoms with van der Waals surface area (Å²) in [6.45, 7) is 3.77. The highest BCUT2D eigenvalue weighted by Crippen LogP contribution is 2.47. The van der Waals surface area contributed by atoms with Crippen LogP contribution in [0.15, 0.2) is 0 Å². The first-order chi connectivity index (χ1) is 26.3. The number of amides is 1. The van der Waals surface area contributed by atoms with Gasteiger partial charge in [0.2, 0.25) is 5.91 Å². The summed E-state index contributed by atoms with van der Waals surface area (Å²) in [5.74, 6) is -0.559. The third-order valence-electron chi connectivity index (χ3n) is 11.0. The van der Waals surface area contributed by atoms with Crippen LogP contribution in [0, 0.1) is 0 Å². The van der Waals surface area contributed by atoms with Crippen LogP contribution < -0.4 is 5.32 Å². The zero-order valence-corrected chi connectivity index (χ0v) is 35.3. The van der Waals surface area contributed by atoms with E-state index in [1.807, 2.05) is 0 Å². The van der Waals surface area contributed by atoms with Gasteiger partial charge >= 0.3 is 7.82 Å². The number of carbonyl (C=O) groups excluding carboxylic acids is 1. The van der Waals surface area contributed by atoms with Crippen LogP contribution in [0.5, 0.6) is 0 Å². The van der Waals surface area contributed by atoms with Crippen LogP contribution in [0.2, 0.25) is 0 Å². The van der Waals surface area contributed by atoms with Gasteiger partial charge in [-0.2, -0.15) is 0 Å². The second-order valence-electron chi connectivity index (χ2n) is 16.1. The monoisotopic (exact) mass is 812 g/mol. The zero-order valence-electron chi connectivity index (χ0n) is 34.4. The minimum absolute atomic E-state index is 0.216. The normalized spacial score (nSPS) is 24.3. The molecule has 0 radical (unpaired) electrons. The lowest BCUT2D eigenvalue weighted by Gasteiger charge is -2.41. The predicted octanol–water partition coefficient (Wildman–Crippen LogP) is 6.48. The first kappa shape index (κ1) is 52.3. The molecule has 0 heterocycles. The fraction of sp³-hybridized carbons (Fsp3) is 0.976. The van der Waals surface area contributed by atoms with Crippen LogP contribution in [0.4, 0.5) is 0 Å². The molecule has 1 fully saturated rings. The average Bonchev–Trinajstić information content (AvgIpc) is 3.15. The first-order valence-electron chi connectivity index (χ1n) is 22.1. The number of phosphoric ester groups is 1. The van der Waals surface area contributed by atoms with Gasteiger partial charge in [0, 0.05) is 0 Å². The van der Waals surface area contributed by atoms with Crippen molar-refractivity contribution in [1.29, 1.82) is 0 Å². The molecule has 8 atom stereocenters. The maximum absolute atomic E-state index is 13.0. The smallest absolute Gasteiger partial charge is 0.393 e. The van der Waals surface area contributed by atoms with Gasteiger partial charge in [-0.1, -0.05) is 174 Å². The summed E-state index contributed by atoms with van der Waals surface area (Å²) >= 11 is 0. The van der Waals surface area contributed by atoms with E-state index in [1.165, 1.54) is 103 Å². The number of unbranched alkanes of at least 4 members (excludes halogenated alkanes) is 23. The van der Waals surface area contributed by atoms with Crippen molar-refractivity contribution >= 4 is 13.7 Å². The minimum Gasteiger partial charge on any atom is -0.393 e. The maximum Gasteiger partial charge on any atom is 0.472 e. The number of phosphoric acid groups is 1. The molecule has 14 heteroatoms. The number of carbonyl (C=O) groups is 1. The Balaban J connectivity index is 2.55. The van der Waals surface area contributed by atoms with E-state index in [9.17, 15) is 50.0 Å². The van der Waals surface area contributed by atoms with Gasteiger partial charge in [-0.05, 0) is 12.8 Å². The number of aliphatic hydroxyl groups is 7. The number of rotatable bonds is 36. The second-order valence-corrected chi connectivity index (χ2v) is 17.5. The van der Waals surface area contributed by atoms with Gasteiger partial charge < -0.3 is 46.0 Å². The van der Waals surface area contributed by atoms with Crippen molar-refractivity contribution < 1.29 is 59.0 Å². The third-order valence-corrected chi connectivity index (χ3v) is 12.0. The molecule has 1 aliphatic rings. The summed E-state index contributed by atoms with van der Waals surface area (Å²) in [6, 6.07) is -1.15. The Kier molecular flexibility index (Phi) is 30.6. The second kappa shape index (κ2) is 32.2. The Morgan fingerprint density at radius 2 is 0.909 bits per heavy atom. The lowest BCUT2D eigenvalue weighted by atomic mass is 9.85. The molecule has 9 N–H and O–H groups in total. The molecular formula is C41H82NO12P. The van der Waals surface area contributed by atoms with E-state index < -0.39 is 75.2 Å². The van der Waals surface area contributed by atoms with E-state index in [-0.39, 0.29) is 12.8 Å². The lowest BCUT2D eigenvalue weighted by Crippen LogP contribution is -2.64. The molecule has 0 spiro atoms. The fourth-order valence-electron chi connectivity index (χ4n) is 7.30. The number of nitrogens with one attached hydrogen (secondary N) is 1. The average molecular weight is 812 g/mol. The highest BCUT2D eigenvalue weighted by Gasteiger charge is 2.51. The Bertz CT molecular complexity index is 964. The fourth-order valence-corrected chi connectivity index (χ4v) is 8.27. The molecule has 0 aromatic heterocycles. The maximum atomic E-state index is 13.0. The highest BCUT2D eigenvalue weighted by atomic mass is 31.2. The summed E-state index contributed by atoms with van der Waals surface area (Å²) in [5, 5.41) is 74.4. The number of hydrogen-bond donors (Lipinski definition) is 9. The van der Waals surface area contributed by atoms with Crippen LogP contribution in [0.3, 0.4) is 0 Å². The van der Waals surface area contributed by atoms with Crippen LogP contribution >= 0.6 is 7.82 Å². The van der Waals surface area contributed by atoms with Gasteiger partial charge in [0.25, 0.3) is 0 Å². The quantitative estimate of drug-likeness (QED) is 0.0245. The van der Waals surface area contributed by atoms with Crippen molar-refractivity contribution in [2.45, 2.75) is 249 Å². The largest absolute Gasteiger partial charge is 0.472 e. The van der Waals surface area contributed by atoms with Gasteiger partial charge in [-0.25, -0.2) is 4.57 Å². The molecule has 1 aliphatic carbocycles. The van der Waals surface area contributed by atoms with E-state index in [0.717, 1.165) is 51.4 Å². The zero-order chi connectivity index (χ0) is 40.9. The molecule has 0 saturated heterocycles. The Hall–Kier alpha value is -0.700. The molecule has 0 bridgehead atoms. The summed E-state index contributed by atoms with van der Waals surface area (Å²) in [4.78, 5) is 23.4. The first-order valence-corrected chi connectivity index (χ1v) is 23.6. The van der Waals surface area contributed by atoms with E-state index >= 15 is 0 Å². The van der Waals surface area contributed by atoms with Gasteiger partial charge in [-0.15, -0.1) is 0 Å². The molecule has 13 nitrogen and oxygen atoms in total. The molecule has 8 unspecified atom stereocenters. The molecule has 0 aromatic carbocycles. The minimum atomic E-state index is -5.11. The van der Waals surface area contributed by atoms with Crippen LogP contribution in [0.25, 0.3) is 0 Å². The Labute approximate surface area is 332 Å². The Morgan fingerprint density at radius 1 is 0.564 bits per heavy atom. The van der Waals surface area contributed by atoms with E-state index in [1.54, 1.807) is 0 Å². The van der Waals surface area contributed by atoms with Gasteiger partial charge in [0.15, 0.2) is 0 Å². The van der Waals surface area contributed by atoms with E-state index in [4.69, 9.17) is 9.05 Å². The van der Waals surface area contributed by atoms with Crippen molar-refractivity contribution in [3.8, 4) is 0 Å². The van der Waals surface area contributed by atoms with Crippen LogP contribution in [-0.2, 0) is 18.4 Å². The Morgan fingerprint density at radius 3 is 1.31 bits per heavy atom.